The summed E-state index contributed by atoms with van der Waals surface area (Å²) in [5.41, 5.74) is 1.14. The van der Waals surface area contributed by atoms with Crippen molar-refractivity contribution in [2.24, 2.45) is 0 Å². The highest BCUT2D eigenvalue weighted by Crippen LogP contribution is 2.21. The second-order valence-corrected chi connectivity index (χ2v) is 5.75. The molecule has 21 heavy (non-hydrogen) atoms. The Labute approximate surface area is 130 Å². The third-order valence-corrected chi connectivity index (χ3v) is 3.69. The van der Waals surface area contributed by atoms with Crippen molar-refractivity contribution in [2.75, 3.05) is 0 Å². The molecule has 0 aliphatic carbocycles. The Bertz CT molecular complexity index is 570. The van der Waals surface area contributed by atoms with Crippen LogP contribution in [-0.4, -0.2) is 10.1 Å². The smallest absolute Gasteiger partial charge is 0.243 e. The Morgan fingerprint density at radius 3 is 2.81 bits per heavy atom. The first-order valence-corrected chi connectivity index (χ1v) is 7.82. The molecule has 2 unspecified atom stereocenters. The molecule has 1 aromatic carbocycles. The first-order valence-electron chi connectivity index (χ1n) is 7.44. The van der Waals surface area contributed by atoms with E-state index >= 15 is 0 Å². The summed E-state index contributed by atoms with van der Waals surface area (Å²) in [6.07, 6.45) is 3.08. The zero-order valence-corrected chi connectivity index (χ0v) is 13.5. The van der Waals surface area contributed by atoms with Crippen LogP contribution >= 0.6 is 11.6 Å². The van der Waals surface area contributed by atoms with Crippen molar-refractivity contribution in [3.8, 4) is 0 Å². The van der Waals surface area contributed by atoms with Crippen molar-refractivity contribution < 1.29 is 4.52 Å². The van der Waals surface area contributed by atoms with Gasteiger partial charge in [0.15, 0.2) is 5.82 Å². The standard InChI is InChI=1S/C16H22ClN3O/c1-4-5-9-15-19-16(21-20-15)12(3)18-11(2)13-7-6-8-14(17)10-13/h6-8,10-12,18H,4-5,9H2,1-3H3. The molecule has 5 heteroatoms. The van der Waals surface area contributed by atoms with Gasteiger partial charge in [0.2, 0.25) is 5.89 Å². The Hall–Kier alpha value is -1.39. The molecule has 0 fully saturated rings. The van der Waals surface area contributed by atoms with Crippen LogP contribution in [0.5, 0.6) is 0 Å². The molecule has 2 aromatic rings. The van der Waals surface area contributed by atoms with Crippen molar-refractivity contribution in [2.45, 2.75) is 52.1 Å². The Kier molecular flexibility index (Phi) is 5.76. The van der Waals surface area contributed by atoms with Gasteiger partial charge in [0.1, 0.15) is 0 Å². The molecule has 0 aliphatic heterocycles. The summed E-state index contributed by atoms with van der Waals surface area (Å²) in [4.78, 5) is 4.45. The summed E-state index contributed by atoms with van der Waals surface area (Å²) in [5.74, 6) is 1.42. The molecule has 1 heterocycles. The summed E-state index contributed by atoms with van der Waals surface area (Å²) >= 11 is 6.03. The van der Waals surface area contributed by atoms with Crippen molar-refractivity contribution >= 4 is 11.6 Å². The molecular formula is C16H22ClN3O. The number of halogens is 1. The van der Waals surface area contributed by atoms with Crippen LogP contribution in [0, 0.1) is 0 Å². The molecule has 4 nitrogen and oxygen atoms in total. The molecule has 0 spiro atoms. The van der Waals surface area contributed by atoms with E-state index in [1.165, 1.54) is 0 Å². The van der Waals surface area contributed by atoms with Gasteiger partial charge in [-0.1, -0.05) is 42.2 Å². The highest BCUT2D eigenvalue weighted by atomic mass is 35.5. The van der Waals surface area contributed by atoms with Gasteiger partial charge in [-0.15, -0.1) is 0 Å². The van der Waals surface area contributed by atoms with E-state index in [0.29, 0.717) is 5.89 Å². The largest absolute Gasteiger partial charge is 0.338 e. The topological polar surface area (TPSA) is 51.0 Å². The van der Waals surface area contributed by atoms with Crippen LogP contribution in [0.1, 0.15) is 63.0 Å². The SMILES string of the molecule is CCCCc1noc(C(C)NC(C)c2cccc(Cl)c2)n1. The zero-order valence-electron chi connectivity index (χ0n) is 12.8. The van der Waals surface area contributed by atoms with E-state index in [1.807, 2.05) is 25.1 Å². The summed E-state index contributed by atoms with van der Waals surface area (Å²) < 4.78 is 5.33. The lowest BCUT2D eigenvalue weighted by Crippen LogP contribution is -2.22. The molecule has 2 rings (SSSR count). The molecule has 0 bridgehead atoms. The van der Waals surface area contributed by atoms with Crippen LogP contribution in [-0.2, 0) is 6.42 Å². The average molecular weight is 308 g/mol. The molecule has 0 saturated carbocycles. The van der Waals surface area contributed by atoms with Crippen molar-refractivity contribution in [1.29, 1.82) is 0 Å². The monoisotopic (exact) mass is 307 g/mol. The number of hydrogen-bond acceptors (Lipinski definition) is 4. The van der Waals surface area contributed by atoms with Gasteiger partial charge < -0.3 is 4.52 Å². The maximum atomic E-state index is 6.03. The van der Waals surface area contributed by atoms with Crippen LogP contribution in [0.15, 0.2) is 28.8 Å². The maximum absolute atomic E-state index is 6.03. The van der Waals surface area contributed by atoms with Gasteiger partial charge in [-0.25, -0.2) is 0 Å². The minimum atomic E-state index is 0.00172. The predicted octanol–water partition coefficient (Wildman–Crippen LogP) is 4.48. The molecule has 0 saturated heterocycles. The molecule has 0 amide bonds. The number of rotatable bonds is 7. The molecule has 0 aliphatic rings. The van der Waals surface area contributed by atoms with Gasteiger partial charge >= 0.3 is 0 Å². The van der Waals surface area contributed by atoms with Crippen LogP contribution in [0.4, 0.5) is 0 Å². The molecule has 1 aromatic heterocycles. The van der Waals surface area contributed by atoms with Gasteiger partial charge in [0, 0.05) is 17.5 Å². The summed E-state index contributed by atoms with van der Waals surface area (Å²) in [6.45, 7) is 6.27. The van der Waals surface area contributed by atoms with Crippen molar-refractivity contribution in [1.82, 2.24) is 15.5 Å². The average Bonchev–Trinajstić information content (AvgIpc) is 2.94. The van der Waals surface area contributed by atoms with Crippen LogP contribution in [0.25, 0.3) is 0 Å². The molecule has 2 atom stereocenters. The maximum Gasteiger partial charge on any atom is 0.243 e. The summed E-state index contributed by atoms with van der Waals surface area (Å²) in [5, 5.41) is 8.22. The normalized spacial score (nSPS) is 14.1. The third kappa shape index (κ3) is 4.55. The van der Waals surface area contributed by atoms with E-state index in [-0.39, 0.29) is 12.1 Å². The van der Waals surface area contributed by atoms with E-state index in [0.717, 1.165) is 35.7 Å². The number of aromatic nitrogens is 2. The second kappa shape index (κ2) is 7.57. The number of benzene rings is 1. The Morgan fingerprint density at radius 2 is 2.10 bits per heavy atom. The highest BCUT2D eigenvalue weighted by Gasteiger charge is 2.17. The van der Waals surface area contributed by atoms with Crippen LogP contribution in [0.3, 0.4) is 0 Å². The van der Waals surface area contributed by atoms with E-state index < -0.39 is 0 Å². The van der Waals surface area contributed by atoms with Gasteiger partial charge in [0.05, 0.1) is 6.04 Å². The number of aryl methyl sites for hydroxylation is 1. The number of hydrogen-bond donors (Lipinski definition) is 1. The number of nitrogens with one attached hydrogen (secondary N) is 1. The van der Waals surface area contributed by atoms with E-state index in [4.69, 9.17) is 16.1 Å². The minimum absolute atomic E-state index is 0.00172. The molecule has 0 radical (unpaired) electrons. The quantitative estimate of drug-likeness (QED) is 0.819. The molecular weight excluding hydrogens is 286 g/mol. The van der Waals surface area contributed by atoms with Crippen LogP contribution in [0.2, 0.25) is 5.02 Å². The zero-order chi connectivity index (χ0) is 15.2. The van der Waals surface area contributed by atoms with E-state index in [9.17, 15) is 0 Å². The van der Waals surface area contributed by atoms with Gasteiger partial charge in [-0.3, -0.25) is 5.32 Å². The minimum Gasteiger partial charge on any atom is -0.338 e. The Morgan fingerprint density at radius 1 is 1.29 bits per heavy atom. The number of nitrogens with zero attached hydrogens (tertiary/aromatic N) is 2. The first-order chi connectivity index (χ1) is 10.1. The van der Waals surface area contributed by atoms with Gasteiger partial charge in [-0.05, 0) is 38.0 Å². The first kappa shape index (κ1) is 16.0. The van der Waals surface area contributed by atoms with E-state index in [2.05, 4.69) is 35.4 Å². The summed E-state index contributed by atoms with van der Waals surface area (Å²) in [7, 11) is 0. The van der Waals surface area contributed by atoms with Gasteiger partial charge in [-0.2, -0.15) is 4.98 Å². The molecule has 1 N–H and O–H groups in total. The fraction of sp³-hybridized carbons (Fsp3) is 0.500. The predicted molar refractivity (Wildman–Crippen MR) is 84.3 cm³/mol. The lowest BCUT2D eigenvalue weighted by Gasteiger charge is -2.17. The fourth-order valence-corrected chi connectivity index (χ4v) is 2.40. The van der Waals surface area contributed by atoms with Crippen molar-refractivity contribution in [3.63, 3.8) is 0 Å². The third-order valence-electron chi connectivity index (χ3n) is 3.46. The lowest BCUT2D eigenvalue weighted by atomic mass is 10.1. The second-order valence-electron chi connectivity index (χ2n) is 5.32. The highest BCUT2D eigenvalue weighted by molar-refractivity contribution is 6.30. The fourth-order valence-electron chi connectivity index (χ4n) is 2.20. The van der Waals surface area contributed by atoms with E-state index in [1.54, 1.807) is 0 Å². The van der Waals surface area contributed by atoms with Gasteiger partial charge in [0.25, 0.3) is 0 Å². The summed E-state index contributed by atoms with van der Waals surface area (Å²) in [6, 6.07) is 8.00. The van der Waals surface area contributed by atoms with Crippen molar-refractivity contribution in [3.05, 3.63) is 46.6 Å². The number of unbranched alkanes of at least 4 members (excludes halogenated alkanes) is 1. The van der Waals surface area contributed by atoms with Crippen LogP contribution < -0.4 is 5.32 Å². The lowest BCUT2D eigenvalue weighted by molar-refractivity contribution is 0.325. The molecule has 114 valence electrons. The Balaban J connectivity index is 1.97.